The summed E-state index contributed by atoms with van der Waals surface area (Å²) in [7, 11) is 0. The Morgan fingerprint density at radius 3 is 2.28 bits per heavy atom. The number of halogens is 1. The maximum absolute atomic E-state index is 10.6. The fraction of sp³-hybridized carbons (Fsp3) is 1.00. The zero-order chi connectivity index (χ0) is 12.4. The molecule has 0 radical (unpaired) electrons. The lowest BCUT2D eigenvalue weighted by molar-refractivity contribution is -0.00492. The third kappa shape index (κ3) is 1.44. The Kier molecular flexibility index (Phi) is 2.75. The fourth-order valence-electron chi connectivity index (χ4n) is 6.51. The summed E-state index contributed by atoms with van der Waals surface area (Å²) >= 11 is 6.57. The number of rotatable bonds is 0. The van der Waals surface area contributed by atoms with E-state index in [1.54, 1.807) is 0 Å². The van der Waals surface area contributed by atoms with Gasteiger partial charge in [-0.2, -0.15) is 0 Å². The van der Waals surface area contributed by atoms with Gasteiger partial charge in [-0.3, -0.25) is 0 Å². The van der Waals surface area contributed by atoms with Crippen LogP contribution in [0.4, 0.5) is 0 Å². The van der Waals surface area contributed by atoms with Crippen LogP contribution in [0.25, 0.3) is 0 Å². The smallest absolute Gasteiger partial charge is 0.0574 e. The summed E-state index contributed by atoms with van der Waals surface area (Å²) in [4.78, 5) is 0. The molecule has 1 nitrogen and oxygen atoms in total. The van der Waals surface area contributed by atoms with Crippen LogP contribution in [-0.2, 0) is 0 Å². The van der Waals surface area contributed by atoms with Crippen LogP contribution in [0.2, 0.25) is 0 Å². The van der Waals surface area contributed by atoms with Crippen LogP contribution >= 0.6 is 11.6 Å². The van der Waals surface area contributed by atoms with Gasteiger partial charge in [0.1, 0.15) is 0 Å². The SMILES string of the molecule is C[C@@H]1[C@H]2[C@@H]3C[C@H]([C@H]4CCC[C@H]43)[C@H]2[C@@H](O)CC[C@@H]1Cl. The molecule has 0 spiro atoms. The van der Waals surface area contributed by atoms with E-state index < -0.39 is 0 Å². The molecule has 4 rings (SSSR count). The van der Waals surface area contributed by atoms with Crippen LogP contribution in [0.3, 0.4) is 0 Å². The quantitative estimate of drug-likeness (QED) is 0.665. The molecule has 2 bridgehead atoms. The van der Waals surface area contributed by atoms with Gasteiger partial charge in [0.05, 0.1) is 6.10 Å². The van der Waals surface area contributed by atoms with Gasteiger partial charge >= 0.3 is 0 Å². The molecule has 1 N–H and O–H groups in total. The van der Waals surface area contributed by atoms with E-state index in [0.29, 0.717) is 17.2 Å². The summed E-state index contributed by atoms with van der Waals surface area (Å²) in [5.41, 5.74) is 0. The summed E-state index contributed by atoms with van der Waals surface area (Å²) in [6.07, 6.45) is 7.67. The Hall–Kier alpha value is 0.250. The summed E-state index contributed by atoms with van der Waals surface area (Å²) in [6, 6.07) is 0. The maximum atomic E-state index is 10.6. The molecule has 4 fully saturated rings. The number of aliphatic hydroxyl groups excluding tert-OH is 1. The van der Waals surface area contributed by atoms with E-state index in [4.69, 9.17) is 11.6 Å². The van der Waals surface area contributed by atoms with Crippen LogP contribution in [0.5, 0.6) is 0 Å². The van der Waals surface area contributed by atoms with Gasteiger partial charge in [-0.15, -0.1) is 11.6 Å². The zero-order valence-electron chi connectivity index (χ0n) is 11.3. The predicted octanol–water partition coefficient (Wildman–Crippen LogP) is 3.68. The molecule has 0 aliphatic heterocycles. The Morgan fingerprint density at radius 1 is 0.889 bits per heavy atom. The van der Waals surface area contributed by atoms with E-state index in [1.807, 2.05) is 0 Å². The lowest BCUT2D eigenvalue weighted by atomic mass is 9.64. The van der Waals surface area contributed by atoms with Crippen molar-refractivity contribution in [2.24, 2.45) is 41.4 Å². The summed E-state index contributed by atoms with van der Waals surface area (Å²) in [5, 5.41) is 10.9. The summed E-state index contributed by atoms with van der Waals surface area (Å²) < 4.78 is 0. The minimum Gasteiger partial charge on any atom is -0.393 e. The van der Waals surface area contributed by atoms with E-state index in [1.165, 1.54) is 25.7 Å². The molecule has 102 valence electrons. The molecular formula is C16H25ClO. The Balaban J connectivity index is 1.70. The highest BCUT2D eigenvalue weighted by atomic mass is 35.5. The summed E-state index contributed by atoms with van der Waals surface area (Å²) in [6.45, 7) is 2.36. The first-order valence-corrected chi connectivity index (χ1v) is 8.44. The van der Waals surface area contributed by atoms with Gasteiger partial charge < -0.3 is 5.11 Å². The van der Waals surface area contributed by atoms with Crippen LogP contribution in [-0.4, -0.2) is 16.6 Å². The molecule has 9 atom stereocenters. The first kappa shape index (κ1) is 12.0. The highest BCUT2D eigenvalue weighted by Crippen LogP contribution is 2.66. The average Bonchev–Trinajstić information content (AvgIpc) is 3.01. The number of fused-ring (bicyclic) bond motifs is 8. The van der Waals surface area contributed by atoms with Crippen molar-refractivity contribution in [3.8, 4) is 0 Å². The van der Waals surface area contributed by atoms with E-state index in [9.17, 15) is 5.11 Å². The number of hydrogen-bond acceptors (Lipinski definition) is 1. The molecule has 0 unspecified atom stereocenters. The Labute approximate surface area is 115 Å². The third-order valence-electron chi connectivity index (χ3n) is 7.06. The van der Waals surface area contributed by atoms with Gasteiger partial charge in [0, 0.05) is 5.38 Å². The largest absolute Gasteiger partial charge is 0.393 e. The second-order valence-corrected chi connectivity index (χ2v) is 8.06. The van der Waals surface area contributed by atoms with Gasteiger partial charge in [-0.05, 0) is 73.5 Å². The molecule has 4 aliphatic carbocycles. The first-order chi connectivity index (χ1) is 8.68. The molecule has 0 saturated heterocycles. The van der Waals surface area contributed by atoms with Crippen LogP contribution in [0.1, 0.15) is 45.4 Å². The molecular weight excluding hydrogens is 244 g/mol. The van der Waals surface area contributed by atoms with Crippen molar-refractivity contribution >= 4 is 11.6 Å². The Bertz CT molecular complexity index is 344. The minimum absolute atomic E-state index is 0.0576. The van der Waals surface area contributed by atoms with E-state index >= 15 is 0 Å². The molecule has 0 heterocycles. The highest BCUT2D eigenvalue weighted by molar-refractivity contribution is 6.20. The molecule has 2 heteroatoms. The lowest BCUT2D eigenvalue weighted by Gasteiger charge is -2.42. The van der Waals surface area contributed by atoms with Gasteiger partial charge in [-0.1, -0.05) is 13.3 Å². The molecule has 0 amide bonds. The predicted molar refractivity (Wildman–Crippen MR) is 73.5 cm³/mol. The monoisotopic (exact) mass is 268 g/mol. The van der Waals surface area contributed by atoms with E-state index in [0.717, 1.165) is 42.4 Å². The van der Waals surface area contributed by atoms with Gasteiger partial charge in [-0.25, -0.2) is 0 Å². The fourth-order valence-corrected chi connectivity index (χ4v) is 6.80. The first-order valence-electron chi connectivity index (χ1n) is 8.00. The standard InChI is InChI=1S/C16H25ClO/c1-8-13(17)5-6-14(18)16-12-7-11(15(8)16)9-3-2-4-10(9)12/h8-16,18H,2-7H2,1H3/t8-,9+,10-,11+,12+,13-,14-,15-,16-/m0/s1. The molecule has 18 heavy (non-hydrogen) atoms. The van der Waals surface area contributed by atoms with Gasteiger partial charge in [0.2, 0.25) is 0 Å². The highest BCUT2D eigenvalue weighted by Gasteiger charge is 2.62. The molecule has 0 aromatic heterocycles. The average molecular weight is 269 g/mol. The zero-order valence-corrected chi connectivity index (χ0v) is 12.0. The van der Waals surface area contributed by atoms with E-state index in [2.05, 4.69) is 6.92 Å². The van der Waals surface area contributed by atoms with E-state index in [-0.39, 0.29) is 6.10 Å². The molecule has 0 aromatic carbocycles. The van der Waals surface area contributed by atoms with Crippen molar-refractivity contribution in [2.75, 3.05) is 0 Å². The molecule has 0 aromatic rings. The topological polar surface area (TPSA) is 20.2 Å². The number of alkyl halides is 1. The van der Waals surface area contributed by atoms with Crippen molar-refractivity contribution in [3.05, 3.63) is 0 Å². The third-order valence-corrected chi connectivity index (χ3v) is 7.68. The second-order valence-electron chi connectivity index (χ2n) is 7.50. The van der Waals surface area contributed by atoms with Gasteiger partial charge in [0.15, 0.2) is 0 Å². The molecule has 4 saturated carbocycles. The van der Waals surface area contributed by atoms with Crippen molar-refractivity contribution in [3.63, 3.8) is 0 Å². The number of aliphatic hydroxyl groups is 1. The Morgan fingerprint density at radius 2 is 1.56 bits per heavy atom. The summed E-state index contributed by atoms with van der Waals surface area (Å²) in [5.74, 6) is 5.63. The normalized spacial score (nSPS) is 62.5. The van der Waals surface area contributed by atoms with Gasteiger partial charge in [0.25, 0.3) is 0 Å². The number of hydrogen-bond donors (Lipinski definition) is 1. The molecule has 4 aliphatic rings. The van der Waals surface area contributed by atoms with Crippen molar-refractivity contribution < 1.29 is 5.11 Å². The van der Waals surface area contributed by atoms with Crippen molar-refractivity contribution in [2.45, 2.75) is 56.9 Å². The minimum atomic E-state index is -0.0576. The van der Waals surface area contributed by atoms with Crippen LogP contribution in [0.15, 0.2) is 0 Å². The maximum Gasteiger partial charge on any atom is 0.0574 e. The lowest BCUT2D eigenvalue weighted by Crippen LogP contribution is -2.41. The van der Waals surface area contributed by atoms with Crippen LogP contribution < -0.4 is 0 Å². The second kappa shape index (κ2) is 4.12. The van der Waals surface area contributed by atoms with Crippen molar-refractivity contribution in [1.82, 2.24) is 0 Å². The van der Waals surface area contributed by atoms with Crippen molar-refractivity contribution in [1.29, 1.82) is 0 Å². The van der Waals surface area contributed by atoms with Crippen LogP contribution in [0, 0.1) is 41.4 Å².